The smallest absolute Gasteiger partial charge is 0.335 e. The summed E-state index contributed by atoms with van der Waals surface area (Å²) in [5.41, 5.74) is 2.28. The molecule has 0 radical (unpaired) electrons. The highest BCUT2D eigenvalue weighted by Crippen LogP contribution is 2.48. The number of benzene rings is 2. The molecule has 2 aromatic carbocycles. The normalized spacial score (nSPS) is 23.2. The van der Waals surface area contributed by atoms with E-state index in [1.807, 2.05) is 6.07 Å². The molecule has 2 aliphatic rings. The molecule has 2 fully saturated rings. The van der Waals surface area contributed by atoms with Gasteiger partial charge in [0.05, 0.1) is 11.7 Å². The fourth-order valence-corrected chi connectivity index (χ4v) is 6.28. The van der Waals surface area contributed by atoms with Gasteiger partial charge < -0.3 is 19.5 Å². The van der Waals surface area contributed by atoms with E-state index in [1.54, 1.807) is 25.3 Å². The number of H-pyrrole nitrogens is 1. The summed E-state index contributed by atoms with van der Waals surface area (Å²) in [6.45, 7) is 2.89. The third-order valence-electron chi connectivity index (χ3n) is 8.31. The average Bonchev–Trinajstić information content (AvgIpc) is 3.50. The van der Waals surface area contributed by atoms with E-state index in [4.69, 9.17) is 4.74 Å². The molecule has 7 nitrogen and oxygen atoms in total. The van der Waals surface area contributed by atoms with Gasteiger partial charge in [-0.15, -0.1) is 0 Å². The zero-order valence-corrected chi connectivity index (χ0v) is 20.6. The highest BCUT2D eigenvalue weighted by atomic mass is 19.1. The monoisotopic (exact) mass is 509 g/mol. The van der Waals surface area contributed by atoms with Gasteiger partial charge in [-0.3, -0.25) is 5.10 Å². The predicted molar refractivity (Wildman–Crippen MR) is 134 cm³/mol. The molecule has 6 rings (SSSR count). The number of nitrogens with zero attached hydrogens (tertiary/aromatic N) is 2. The number of hydrogen-bond acceptors (Lipinski definition) is 4. The van der Waals surface area contributed by atoms with Crippen LogP contribution in [-0.4, -0.2) is 49.8 Å². The Morgan fingerprint density at radius 1 is 1.14 bits per heavy atom. The Hall–Kier alpha value is -3.30. The molecular weight excluding hydrogens is 480 g/mol. The molecule has 1 saturated carbocycles. The number of aryl methyl sites for hydroxylation is 1. The number of hydrogen-bond donors (Lipinski definition) is 3. The van der Waals surface area contributed by atoms with Crippen LogP contribution in [0.1, 0.15) is 67.2 Å². The number of rotatable bonds is 4. The zero-order chi connectivity index (χ0) is 25.9. The Kier molecular flexibility index (Phi) is 5.80. The zero-order valence-electron chi connectivity index (χ0n) is 20.6. The summed E-state index contributed by atoms with van der Waals surface area (Å²) >= 11 is 0. The molecule has 1 aliphatic carbocycles. The van der Waals surface area contributed by atoms with Crippen molar-refractivity contribution in [1.29, 1.82) is 0 Å². The van der Waals surface area contributed by atoms with Gasteiger partial charge in [-0.25, -0.2) is 13.6 Å². The van der Waals surface area contributed by atoms with Crippen LogP contribution < -0.4 is 0 Å². The lowest BCUT2D eigenvalue weighted by Crippen LogP contribution is -2.41. The van der Waals surface area contributed by atoms with Crippen LogP contribution in [0.3, 0.4) is 0 Å². The first kappa shape index (κ1) is 24.1. The van der Waals surface area contributed by atoms with Crippen molar-refractivity contribution in [2.45, 2.75) is 62.9 Å². The van der Waals surface area contributed by atoms with Gasteiger partial charge in [-0.1, -0.05) is 0 Å². The van der Waals surface area contributed by atoms with Crippen LogP contribution in [0.2, 0.25) is 0 Å². The first-order chi connectivity index (χ1) is 17.8. The molecule has 0 atom stereocenters. The van der Waals surface area contributed by atoms with Crippen LogP contribution in [0, 0.1) is 18.6 Å². The summed E-state index contributed by atoms with van der Waals surface area (Å²) in [4.78, 5) is 11.7. The SMILES string of the molecule is Cc1cc(-n2c(C3CCOCC3)c(C3CCC(O)(C(=O)O)CC3)c3c(F)c4[nH]ncc4cc32)ccc1F. The summed E-state index contributed by atoms with van der Waals surface area (Å²) in [6, 6.07) is 6.85. The molecule has 1 saturated heterocycles. The summed E-state index contributed by atoms with van der Waals surface area (Å²) in [5.74, 6) is -1.98. The Labute approximate surface area is 212 Å². The number of ether oxygens (including phenoxy) is 1. The number of halogens is 2. The lowest BCUT2D eigenvalue weighted by molar-refractivity contribution is -0.162. The van der Waals surface area contributed by atoms with Gasteiger partial charge in [0.2, 0.25) is 0 Å². The van der Waals surface area contributed by atoms with Crippen LogP contribution >= 0.6 is 0 Å². The lowest BCUT2D eigenvalue weighted by atomic mass is 9.74. The molecule has 3 heterocycles. The van der Waals surface area contributed by atoms with E-state index in [2.05, 4.69) is 14.8 Å². The Bertz CT molecular complexity index is 1510. The van der Waals surface area contributed by atoms with Gasteiger partial charge in [0.1, 0.15) is 11.3 Å². The quantitative estimate of drug-likeness (QED) is 0.339. The van der Waals surface area contributed by atoms with Crippen LogP contribution in [0.25, 0.3) is 27.5 Å². The molecular formula is C28H29F2N3O4. The molecule has 0 bridgehead atoms. The second-order valence-corrected chi connectivity index (χ2v) is 10.5. The van der Waals surface area contributed by atoms with E-state index in [0.717, 1.165) is 29.8 Å². The van der Waals surface area contributed by atoms with Crippen molar-refractivity contribution in [3.05, 3.63) is 58.9 Å². The fraction of sp³-hybridized carbons (Fsp3) is 0.429. The molecule has 0 spiro atoms. The Balaban J connectivity index is 1.65. The maximum absolute atomic E-state index is 16.3. The molecule has 3 N–H and O–H groups in total. The molecule has 9 heteroatoms. The Morgan fingerprint density at radius 2 is 1.86 bits per heavy atom. The maximum Gasteiger partial charge on any atom is 0.335 e. The largest absolute Gasteiger partial charge is 0.479 e. The number of carboxylic acids is 1. The number of aliphatic hydroxyl groups is 1. The summed E-state index contributed by atoms with van der Waals surface area (Å²) < 4.78 is 38.3. The number of aromatic nitrogens is 3. The van der Waals surface area contributed by atoms with Gasteiger partial charge in [-0.2, -0.15) is 5.10 Å². The van der Waals surface area contributed by atoms with Crippen molar-refractivity contribution in [3.63, 3.8) is 0 Å². The van der Waals surface area contributed by atoms with Gasteiger partial charge >= 0.3 is 5.97 Å². The third kappa shape index (κ3) is 3.83. The van der Waals surface area contributed by atoms with Crippen molar-refractivity contribution < 1.29 is 28.5 Å². The van der Waals surface area contributed by atoms with E-state index < -0.39 is 17.4 Å². The molecule has 1 aliphatic heterocycles. The van der Waals surface area contributed by atoms with Crippen LogP contribution in [0.15, 0.2) is 30.5 Å². The van der Waals surface area contributed by atoms with Gasteiger partial charge in [-0.05, 0) is 86.8 Å². The van der Waals surface area contributed by atoms with Gasteiger partial charge in [0.15, 0.2) is 11.4 Å². The number of carboxylic acid groups (broad SMARTS) is 1. The van der Waals surface area contributed by atoms with Crippen LogP contribution in [0.4, 0.5) is 8.78 Å². The van der Waals surface area contributed by atoms with E-state index in [0.29, 0.717) is 53.4 Å². The predicted octanol–water partition coefficient (Wildman–Crippen LogP) is 5.46. The third-order valence-corrected chi connectivity index (χ3v) is 8.31. The van der Waals surface area contributed by atoms with Crippen LogP contribution in [0.5, 0.6) is 0 Å². The average molecular weight is 510 g/mol. The molecule has 4 aromatic rings. The standard InChI is InChI=1S/C28H29F2N3O4/c1-15-12-19(2-3-20(15)29)33-21-13-18-14-31-32-25(18)24(30)23(21)22(26(33)17-6-10-37-11-7-17)16-4-8-28(36,9-5-16)27(34)35/h2-3,12-14,16-17,36H,4-11H2,1H3,(H,31,32)(H,34,35). The minimum atomic E-state index is -1.77. The molecule has 0 amide bonds. The van der Waals surface area contributed by atoms with Crippen molar-refractivity contribution >= 4 is 27.8 Å². The van der Waals surface area contributed by atoms with Gasteiger partial charge in [0.25, 0.3) is 0 Å². The van der Waals surface area contributed by atoms with E-state index in [1.165, 1.54) is 6.07 Å². The van der Waals surface area contributed by atoms with Crippen molar-refractivity contribution in [2.24, 2.45) is 0 Å². The minimum absolute atomic E-state index is 0.0812. The number of aliphatic carboxylic acids is 1. The van der Waals surface area contributed by atoms with Crippen LogP contribution in [-0.2, 0) is 9.53 Å². The number of carbonyl (C=O) groups is 1. The van der Waals surface area contributed by atoms with Gasteiger partial charge in [0, 0.05) is 41.3 Å². The summed E-state index contributed by atoms with van der Waals surface area (Å²) in [7, 11) is 0. The molecule has 2 aromatic heterocycles. The fourth-order valence-electron chi connectivity index (χ4n) is 6.28. The first-order valence-corrected chi connectivity index (χ1v) is 12.8. The summed E-state index contributed by atoms with van der Waals surface area (Å²) in [6.07, 6.45) is 4.13. The highest BCUT2D eigenvalue weighted by molar-refractivity contribution is 6.00. The molecule has 0 unspecified atom stereocenters. The minimum Gasteiger partial charge on any atom is -0.479 e. The molecule has 194 valence electrons. The van der Waals surface area contributed by atoms with E-state index in [9.17, 15) is 19.4 Å². The number of fused-ring (bicyclic) bond motifs is 2. The highest BCUT2D eigenvalue weighted by Gasteiger charge is 2.42. The molecule has 37 heavy (non-hydrogen) atoms. The number of nitrogens with one attached hydrogen (secondary N) is 1. The topological polar surface area (TPSA) is 100 Å². The second kappa shape index (κ2) is 8.92. The summed E-state index contributed by atoms with van der Waals surface area (Å²) in [5, 5.41) is 28.1. The Morgan fingerprint density at radius 3 is 2.54 bits per heavy atom. The maximum atomic E-state index is 16.3. The van der Waals surface area contributed by atoms with Crippen molar-refractivity contribution in [1.82, 2.24) is 14.8 Å². The van der Waals surface area contributed by atoms with Crippen molar-refractivity contribution in [2.75, 3.05) is 13.2 Å². The lowest BCUT2D eigenvalue weighted by Gasteiger charge is -2.34. The second-order valence-electron chi connectivity index (χ2n) is 10.5. The first-order valence-electron chi connectivity index (χ1n) is 12.8. The van der Waals surface area contributed by atoms with Crippen molar-refractivity contribution in [3.8, 4) is 5.69 Å². The van der Waals surface area contributed by atoms with E-state index in [-0.39, 0.29) is 30.5 Å². The van der Waals surface area contributed by atoms with E-state index >= 15 is 4.39 Å². The number of aromatic amines is 1.